The Labute approximate surface area is 155 Å². The number of methoxy groups -OCH3 is 1. The first-order valence-electron chi connectivity index (χ1n) is 8.51. The summed E-state index contributed by atoms with van der Waals surface area (Å²) in [6.07, 6.45) is 1.86. The molecule has 1 aliphatic carbocycles. The third-order valence-corrected chi connectivity index (χ3v) is 4.34. The minimum Gasteiger partial charge on any atom is -0.478 e. The molecule has 0 atom stereocenters. The van der Waals surface area contributed by atoms with Crippen LogP contribution < -0.4 is 10.1 Å². The van der Waals surface area contributed by atoms with Crippen LogP contribution in [0.4, 0.5) is 4.39 Å². The number of benzene rings is 2. The van der Waals surface area contributed by atoms with Crippen molar-refractivity contribution < 1.29 is 28.6 Å². The molecule has 0 heterocycles. The van der Waals surface area contributed by atoms with Crippen LogP contribution in [0, 0.1) is 12.7 Å². The number of hydrogen-bond acceptors (Lipinski definition) is 4. The van der Waals surface area contributed by atoms with E-state index in [4.69, 9.17) is 9.47 Å². The molecule has 1 aliphatic rings. The summed E-state index contributed by atoms with van der Waals surface area (Å²) < 4.78 is 24.7. The fraction of sp³-hybridized carbons (Fsp3) is 0.300. The van der Waals surface area contributed by atoms with Crippen LogP contribution >= 0.6 is 0 Å². The number of aromatic carboxylic acids is 1. The number of nitrogens with one attached hydrogen (secondary N) is 1. The van der Waals surface area contributed by atoms with Crippen LogP contribution in [0.15, 0.2) is 30.3 Å². The number of carboxylic acid groups (broad SMARTS) is 1. The predicted molar refractivity (Wildman–Crippen MR) is 96.5 cm³/mol. The van der Waals surface area contributed by atoms with Crippen LogP contribution in [0.2, 0.25) is 0 Å². The monoisotopic (exact) mass is 373 g/mol. The Hall–Kier alpha value is -2.93. The van der Waals surface area contributed by atoms with Crippen molar-refractivity contribution in [3.05, 3.63) is 52.8 Å². The molecule has 0 aromatic heterocycles. The fourth-order valence-corrected chi connectivity index (χ4v) is 2.83. The molecule has 1 saturated carbocycles. The Kier molecular flexibility index (Phi) is 5.41. The molecule has 0 bridgehead atoms. The largest absolute Gasteiger partial charge is 0.478 e. The molecule has 0 aliphatic heterocycles. The molecule has 27 heavy (non-hydrogen) atoms. The van der Waals surface area contributed by atoms with E-state index in [9.17, 15) is 19.1 Å². The summed E-state index contributed by atoms with van der Waals surface area (Å²) in [5.74, 6) is -1.72. The van der Waals surface area contributed by atoms with Crippen molar-refractivity contribution in [1.82, 2.24) is 5.32 Å². The first-order valence-corrected chi connectivity index (χ1v) is 8.51. The van der Waals surface area contributed by atoms with Crippen LogP contribution in [0.5, 0.6) is 5.75 Å². The molecular formula is C20H20FNO5. The summed E-state index contributed by atoms with van der Waals surface area (Å²) in [7, 11) is 1.44. The Morgan fingerprint density at radius 3 is 2.63 bits per heavy atom. The predicted octanol–water partition coefficient (Wildman–Crippen LogP) is 3.37. The van der Waals surface area contributed by atoms with Crippen LogP contribution in [-0.2, 0) is 4.74 Å². The van der Waals surface area contributed by atoms with Gasteiger partial charge in [0, 0.05) is 29.8 Å². The zero-order chi connectivity index (χ0) is 19.6. The van der Waals surface area contributed by atoms with Crippen molar-refractivity contribution in [3.8, 4) is 16.9 Å². The summed E-state index contributed by atoms with van der Waals surface area (Å²) in [5.41, 5.74) is 1.57. The highest BCUT2D eigenvalue weighted by molar-refractivity contribution is 5.97. The van der Waals surface area contributed by atoms with E-state index < -0.39 is 11.8 Å². The third kappa shape index (κ3) is 4.25. The van der Waals surface area contributed by atoms with Gasteiger partial charge in [-0.25, -0.2) is 9.18 Å². The fourth-order valence-electron chi connectivity index (χ4n) is 2.83. The average Bonchev–Trinajstić information content (AvgIpc) is 3.43. The van der Waals surface area contributed by atoms with Gasteiger partial charge in [0.15, 0.2) is 6.79 Å². The molecule has 0 unspecified atom stereocenters. The molecule has 7 heteroatoms. The minimum absolute atomic E-state index is 0.0768. The van der Waals surface area contributed by atoms with Crippen molar-refractivity contribution in [1.29, 1.82) is 0 Å². The lowest BCUT2D eigenvalue weighted by molar-refractivity contribution is 0.0506. The summed E-state index contributed by atoms with van der Waals surface area (Å²) in [6.45, 7) is 1.51. The number of carboxylic acids is 1. The highest BCUT2D eigenvalue weighted by atomic mass is 19.1. The maximum atomic E-state index is 14.2. The molecule has 0 spiro atoms. The van der Waals surface area contributed by atoms with Crippen molar-refractivity contribution in [2.45, 2.75) is 25.8 Å². The molecular weight excluding hydrogens is 353 g/mol. The van der Waals surface area contributed by atoms with Crippen LogP contribution in [-0.4, -0.2) is 36.9 Å². The quantitative estimate of drug-likeness (QED) is 0.727. The zero-order valence-corrected chi connectivity index (χ0v) is 15.0. The van der Waals surface area contributed by atoms with Gasteiger partial charge in [0.05, 0.1) is 5.56 Å². The van der Waals surface area contributed by atoms with Gasteiger partial charge < -0.3 is 19.9 Å². The second-order valence-corrected chi connectivity index (χ2v) is 6.45. The molecule has 142 valence electrons. The Bertz CT molecular complexity index is 892. The first kappa shape index (κ1) is 18.8. The van der Waals surface area contributed by atoms with Crippen LogP contribution in [0.1, 0.15) is 39.1 Å². The second-order valence-electron chi connectivity index (χ2n) is 6.45. The lowest BCUT2D eigenvalue weighted by atomic mass is 9.96. The molecule has 2 aromatic rings. The minimum atomic E-state index is -1.09. The number of rotatable bonds is 7. The molecule has 1 fully saturated rings. The van der Waals surface area contributed by atoms with Gasteiger partial charge in [0.25, 0.3) is 5.91 Å². The molecule has 1 amide bonds. The molecule has 3 rings (SSSR count). The summed E-state index contributed by atoms with van der Waals surface area (Å²) >= 11 is 0. The standard InChI is InChI=1S/C20H20FNO5/c1-11-16(20(24)25)5-6-17(18(11)27-10-26-2)12-7-13(9-14(21)8-12)19(23)22-15-3-4-15/h5-9,15H,3-4,10H2,1-2H3,(H,22,23)(H,24,25). The Morgan fingerprint density at radius 2 is 2.00 bits per heavy atom. The maximum absolute atomic E-state index is 14.2. The van der Waals surface area contributed by atoms with Crippen molar-refractivity contribution in [3.63, 3.8) is 0 Å². The molecule has 2 aromatic carbocycles. The number of hydrogen-bond donors (Lipinski definition) is 2. The summed E-state index contributed by atoms with van der Waals surface area (Å²) in [4.78, 5) is 23.7. The van der Waals surface area contributed by atoms with Crippen molar-refractivity contribution in [2.24, 2.45) is 0 Å². The molecule has 2 N–H and O–H groups in total. The third-order valence-electron chi connectivity index (χ3n) is 4.34. The van der Waals surface area contributed by atoms with Gasteiger partial charge in [-0.2, -0.15) is 0 Å². The van der Waals surface area contributed by atoms with E-state index in [1.165, 1.54) is 25.3 Å². The van der Waals surface area contributed by atoms with Crippen LogP contribution in [0.25, 0.3) is 11.1 Å². The van der Waals surface area contributed by atoms with Crippen molar-refractivity contribution in [2.75, 3.05) is 13.9 Å². The van der Waals surface area contributed by atoms with Gasteiger partial charge in [-0.3, -0.25) is 4.79 Å². The lowest BCUT2D eigenvalue weighted by Gasteiger charge is -2.16. The summed E-state index contributed by atoms with van der Waals surface area (Å²) in [5, 5.41) is 12.2. The second kappa shape index (κ2) is 7.75. The molecule has 6 nitrogen and oxygen atoms in total. The van der Waals surface area contributed by atoms with E-state index in [-0.39, 0.29) is 35.6 Å². The Balaban J connectivity index is 2.06. The molecule has 0 radical (unpaired) electrons. The van der Waals surface area contributed by atoms with Gasteiger partial charge in [-0.1, -0.05) is 0 Å². The topological polar surface area (TPSA) is 84.9 Å². The number of ether oxygens (including phenoxy) is 2. The van der Waals surface area contributed by atoms with Gasteiger partial charge in [-0.15, -0.1) is 0 Å². The molecule has 0 saturated heterocycles. The van der Waals surface area contributed by atoms with Gasteiger partial charge in [0.1, 0.15) is 11.6 Å². The van der Waals surface area contributed by atoms with E-state index in [1.807, 2.05) is 0 Å². The van der Waals surface area contributed by atoms with Gasteiger partial charge >= 0.3 is 5.97 Å². The van der Waals surface area contributed by atoms with E-state index >= 15 is 0 Å². The number of carbonyl (C=O) groups is 2. The number of carbonyl (C=O) groups excluding carboxylic acids is 1. The lowest BCUT2D eigenvalue weighted by Crippen LogP contribution is -2.25. The van der Waals surface area contributed by atoms with E-state index in [2.05, 4.69) is 5.32 Å². The van der Waals surface area contributed by atoms with E-state index in [0.717, 1.165) is 12.8 Å². The number of amides is 1. The van der Waals surface area contributed by atoms with Crippen molar-refractivity contribution >= 4 is 11.9 Å². The van der Waals surface area contributed by atoms with Crippen LogP contribution in [0.3, 0.4) is 0 Å². The smallest absolute Gasteiger partial charge is 0.336 e. The van der Waals surface area contributed by atoms with E-state index in [1.54, 1.807) is 19.1 Å². The Morgan fingerprint density at radius 1 is 1.26 bits per heavy atom. The normalized spacial score (nSPS) is 13.3. The van der Waals surface area contributed by atoms with E-state index in [0.29, 0.717) is 16.7 Å². The highest BCUT2D eigenvalue weighted by Crippen LogP contribution is 2.36. The zero-order valence-electron chi connectivity index (χ0n) is 15.0. The average molecular weight is 373 g/mol. The number of halogens is 1. The van der Waals surface area contributed by atoms with Gasteiger partial charge in [0.2, 0.25) is 0 Å². The van der Waals surface area contributed by atoms with Gasteiger partial charge in [-0.05, 0) is 55.7 Å². The summed E-state index contributed by atoms with van der Waals surface area (Å²) in [6, 6.07) is 7.15. The maximum Gasteiger partial charge on any atom is 0.336 e. The first-order chi connectivity index (χ1) is 12.9. The SMILES string of the molecule is COCOc1c(-c2cc(F)cc(C(=O)NC3CC3)c2)ccc(C(=O)O)c1C. The highest BCUT2D eigenvalue weighted by Gasteiger charge is 2.24.